The minimum Gasteiger partial charge on any atom is -0.481 e. The number of nitrogens with zero attached hydrogens (tertiary/aromatic N) is 1. The van der Waals surface area contributed by atoms with Crippen molar-refractivity contribution in [2.24, 2.45) is 0 Å². The first-order chi connectivity index (χ1) is 7.08. The van der Waals surface area contributed by atoms with Crippen molar-refractivity contribution >= 4 is 34.5 Å². The van der Waals surface area contributed by atoms with E-state index < -0.39 is 5.97 Å². The van der Waals surface area contributed by atoms with E-state index in [2.05, 4.69) is 28.6 Å². The summed E-state index contributed by atoms with van der Waals surface area (Å²) in [6, 6.07) is 5.26. The van der Waals surface area contributed by atoms with Crippen LogP contribution in [0.15, 0.2) is 17.0 Å². The van der Waals surface area contributed by atoms with Crippen LogP contribution in [-0.2, 0) is 16.5 Å². The molecule has 0 spiro atoms. The normalized spacial score (nSPS) is 9.67. The zero-order chi connectivity index (χ0) is 11.4. The van der Waals surface area contributed by atoms with Gasteiger partial charge in [-0.05, 0) is 23.3 Å². The van der Waals surface area contributed by atoms with Crippen molar-refractivity contribution in [1.82, 2.24) is 0 Å². The van der Waals surface area contributed by atoms with E-state index >= 15 is 0 Å². The molecule has 0 amide bonds. The van der Waals surface area contributed by atoms with E-state index in [4.69, 9.17) is 10.4 Å². The van der Waals surface area contributed by atoms with E-state index in [9.17, 15) is 4.79 Å². The van der Waals surface area contributed by atoms with Crippen molar-refractivity contribution in [3.8, 4) is 6.07 Å². The lowest BCUT2D eigenvalue weighted by molar-refractivity contribution is -0.136. The molecule has 0 radical (unpaired) electrons. The lowest BCUT2D eigenvalue weighted by atomic mass is 10.0. The minimum atomic E-state index is -0.905. The van der Waals surface area contributed by atoms with Crippen molar-refractivity contribution in [1.29, 1.82) is 5.26 Å². The van der Waals surface area contributed by atoms with Gasteiger partial charge in [0.1, 0.15) is 0 Å². The van der Waals surface area contributed by atoms with Gasteiger partial charge in [-0.1, -0.05) is 15.9 Å². The maximum Gasteiger partial charge on any atom is 0.307 e. The average molecular weight is 286 g/mol. The lowest BCUT2D eigenvalue weighted by Crippen LogP contribution is -2.04. The Morgan fingerprint density at radius 2 is 2.27 bits per heavy atom. The summed E-state index contributed by atoms with van der Waals surface area (Å²) < 4.78 is 0. The predicted molar refractivity (Wildman–Crippen MR) is 62.4 cm³/mol. The molecule has 3 nitrogen and oxygen atoms in total. The Labute approximate surface area is 101 Å². The molecule has 0 aromatic heterocycles. The Morgan fingerprint density at radius 1 is 1.60 bits per heavy atom. The summed E-state index contributed by atoms with van der Waals surface area (Å²) >= 11 is 7.44. The van der Waals surface area contributed by atoms with Gasteiger partial charge in [0.05, 0.1) is 18.1 Å². The van der Waals surface area contributed by atoms with Gasteiger partial charge in [0.15, 0.2) is 0 Å². The van der Waals surface area contributed by atoms with E-state index in [-0.39, 0.29) is 6.42 Å². The summed E-state index contributed by atoms with van der Waals surface area (Å²) in [5.74, 6) is -0.905. The molecule has 0 unspecified atom stereocenters. The van der Waals surface area contributed by atoms with Gasteiger partial charge in [-0.15, -0.1) is 12.6 Å². The number of hydrogen-bond donors (Lipinski definition) is 2. The third-order valence-corrected chi connectivity index (χ3v) is 2.92. The quantitative estimate of drug-likeness (QED) is 0.662. The van der Waals surface area contributed by atoms with Crippen LogP contribution in [0.2, 0.25) is 0 Å². The summed E-state index contributed by atoms with van der Waals surface area (Å²) in [5.41, 5.74) is 1.94. The number of hydrogen-bond acceptors (Lipinski definition) is 3. The lowest BCUT2D eigenvalue weighted by Gasteiger charge is -2.08. The maximum atomic E-state index is 10.6. The topological polar surface area (TPSA) is 61.1 Å². The van der Waals surface area contributed by atoms with Gasteiger partial charge < -0.3 is 5.11 Å². The van der Waals surface area contributed by atoms with Crippen LogP contribution in [0.4, 0.5) is 0 Å². The number of benzene rings is 1. The highest BCUT2D eigenvalue weighted by Crippen LogP contribution is 2.23. The second kappa shape index (κ2) is 5.19. The van der Waals surface area contributed by atoms with Crippen LogP contribution in [0.1, 0.15) is 16.7 Å². The molecule has 0 fully saturated rings. The highest BCUT2D eigenvalue weighted by Gasteiger charge is 2.11. The van der Waals surface area contributed by atoms with Gasteiger partial charge in [0, 0.05) is 10.2 Å². The molecule has 0 saturated heterocycles. The van der Waals surface area contributed by atoms with Crippen LogP contribution in [0.3, 0.4) is 0 Å². The zero-order valence-electron chi connectivity index (χ0n) is 7.70. The monoisotopic (exact) mass is 285 g/mol. The molecule has 0 saturated carbocycles. The molecule has 1 aromatic carbocycles. The molecule has 0 aliphatic rings. The first kappa shape index (κ1) is 12.1. The van der Waals surface area contributed by atoms with Crippen molar-refractivity contribution in [2.45, 2.75) is 16.6 Å². The van der Waals surface area contributed by atoms with E-state index in [0.717, 1.165) is 5.56 Å². The molecule has 15 heavy (non-hydrogen) atoms. The fraction of sp³-hybridized carbons (Fsp3) is 0.200. The average Bonchev–Trinajstić information content (AvgIpc) is 2.20. The van der Waals surface area contributed by atoms with Crippen molar-refractivity contribution in [3.05, 3.63) is 28.8 Å². The fourth-order valence-electron chi connectivity index (χ4n) is 1.25. The largest absolute Gasteiger partial charge is 0.481 e. The number of carboxylic acids is 1. The molecule has 0 bridgehead atoms. The van der Waals surface area contributed by atoms with Crippen LogP contribution in [0.25, 0.3) is 0 Å². The van der Waals surface area contributed by atoms with E-state index in [1.807, 2.05) is 6.07 Å². The molecule has 0 aliphatic heterocycles. The van der Waals surface area contributed by atoms with E-state index in [0.29, 0.717) is 21.4 Å². The summed E-state index contributed by atoms with van der Waals surface area (Å²) in [5, 5.41) is 18.0. The van der Waals surface area contributed by atoms with Gasteiger partial charge in [-0.2, -0.15) is 5.26 Å². The van der Waals surface area contributed by atoms with Crippen LogP contribution in [-0.4, -0.2) is 11.1 Å². The van der Waals surface area contributed by atoms with Crippen molar-refractivity contribution < 1.29 is 9.90 Å². The van der Waals surface area contributed by atoms with E-state index in [1.54, 1.807) is 12.1 Å². The molecule has 1 N–H and O–H groups in total. The Morgan fingerprint density at radius 3 is 2.73 bits per heavy atom. The third kappa shape index (κ3) is 2.98. The highest BCUT2D eigenvalue weighted by molar-refractivity contribution is 9.08. The molecular weight excluding hydrogens is 278 g/mol. The Kier molecular flexibility index (Phi) is 4.18. The second-order valence-corrected chi connectivity index (χ2v) is 3.99. The van der Waals surface area contributed by atoms with Crippen LogP contribution >= 0.6 is 28.6 Å². The number of halogens is 1. The maximum absolute atomic E-state index is 10.6. The van der Waals surface area contributed by atoms with Crippen molar-refractivity contribution in [2.75, 3.05) is 0 Å². The molecule has 5 heteroatoms. The smallest absolute Gasteiger partial charge is 0.307 e. The van der Waals surface area contributed by atoms with Crippen LogP contribution in [0.5, 0.6) is 0 Å². The van der Waals surface area contributed by atoms with Crippen LogP contribution in [0, 0.1) is 11.3 Å². The molecule has 0 atom stereocenters. The number of aliphatic carboxylic acids is 1. The number of alkyl halides is 1. The number of thiol groups is 1. The number of carbonyl (C=O) groups is 1. The summed E-state index contributed by atoms with van der Waals surface area (Å²) in [6.45, 7) is 0. The molecule has 0 heterocycles. The predicted octanol–water partition coefficient (Wildman–Crippen LogP) is 2.37. The van der Waals surface area contributed by atoms with Gasteiger partial charge in [0.25, 0.3) is 0 Å². The molecule has 1 aromatic rings. The highest BCUT2D eigenvalue weighted by atomic mass is 79.9. The summed E-state index contributed by atoms with van der Waals surface area (Å²) in [4.78, 5) is 11.2. The summed E-state index contributed by atoms with van der Waals surface area (Å²) in [7, 11) is 0. The first-order valence-corrected chi connectivity index (χ1v) is 5.68. The first-order valence-electron chi connectivity index (χ1n) is 4.11. The van der Waals surface area contributed by atoms with E-state index in [1.165, 1.54) is 0 Å². The fourth-order valence-corrected chi connectivity index (χ4v) is 2.12. The Balaban J connectivity index is 3.25. The number of nitriles is 1. The number of carboxylic acid groups (broad SMARTS) is 1. The van der Waals surface area contributed by atoms with Gasteiger partial charge in [-0.25, -0.2) is 0 Å². The van der Waals surface area contributed by atoms with Crippen molar-refractivity contribution in [3.63, 3.8) is 0 Å². The number of rotatable bonds is 3. The standard InChI is InChI=1S/C10H8BrNO2S/c11-4-7-1-6(5-12)2-9(15)8(7)3-10(13)14/h1-2,15H,3-4H2,(H,13,14). The summed E-state index contributed by atoms with van der Waals surface area (Å²) in [6.07, 6.45) is -0.0779. The van der Waals surface area contributed by atoms with Crippen LogP contribution < -0.4 is 0 Å². The molecule has 0 aliphatic carbocycles. The second-order valence-electron chi connectivity index (χ2n) is 2.95. The Bertz CT molecular complexity index is 440. The molecule has 78 valence electrons. The van der Waals surface area contributed by atoms with Gasteiger partial charge in [0.2, 0.25) is 0 Å². The van der Waals surface area contributed by atoms with Gasteiger partial charge >= 0.3 is 5.97 Å². The SMILES string of the molecule is N#Cc1cc(S)c(CC(=O)O)c(CBr)c1. The third-order valence-electron chi connectivity index (χ3n) is 1.92. The Hall–Kier alpha value is -0.990. The minimum absolute atomic E-state index is 0.0779. The molecule has 1 rings (SSSR count). The van der Waals surface area contributed by atoms with Gasteiger partial charge in [-0.3, -0.25) is 4.79 Å². The zero-order valence-corrected chi connectivity index (χ0v) is 10.2. The molecular formula is C10H8BrNO2S.